The van der Waals surface area contributed by atoms with Crippen LogP contribution in [0.1, 0.15) is 58.8 Å². The average Bonchev–Trinajstić information content (AvgIpc) is 2.70. The Labute approximate surface area is 168 Å². The van der Waals surface area contributed by atoms with Gasteiger partial charge in [0.15, 0.2) is 0 Å². The first kappa shape index (κ1) is 22.0. The fraction of sp³-hybridized carbons (Fsp3) is 0.636. The lowest BCUT2D eigenvalue weighted by molar-refractivity contribution is -0.123. The Bertz CT molecular complexity index is 609. The summed E-state index contributed by atoms with van der Waals surface area (Å²) in [6, 6.07) is 7.79. The third-order valence-corrected chi connectivity index (χ3v) is 6.37. The lowest BCUT2D eigenvalue weighted by atomic mass is 9.87. The molecule has 1 fully saturated rings. The van der Waals surface area contributed by atoms with Crippen LogP contribution in [0.2, 0.25) is 0 Å². The van der Waals surface area contributed by atoms with Crippen molar-refractivity contribution in [2.75, 3.05) is 25.2 Å². The summed E-state index contributed by atoms with van der Waals surface area (Å²) >= 11 is 1.17. The number of hydrogen-bond donors (Lipinski definition) is 0. The Morgan fingerprint density at radius 2 is 1.81 bits per heavy atom. The number of nitrogens with zero attached hydrogens (tertiary/aromatic N) is 1. The van der Waals surface area contributed by atoms with Gasteiger partial charge in [0.1, 0.15) is 6.61 Å². The quantitative estimate of drug-likeness (QED) is 0.536. The van der Waals surface area contributed by atoms with Crippen LogP contribution >= 0.6 is 11.8 Å². The maximum absolute atomic E-state index is 13.4. The van der Waals surface area contributed by atoms with E-state index in [4.69, 9.17) is 4.74 Å². The van der Waals surface area contributed by atoms with Crippen LogP contribution in [0.3, 0.4) is 0 Å². The van der Waals surface area contributed by atoms with E-state index in [-0.39, 0.29) is 23.5 Å². The zero-order valence-electron chi connectivity index (χ0n) is 16.9. The smallest absolute Gasteiger partial charge is 0.230 e. The summed E-state index contributed by atoms with van der Waals surface area (Å²) in [6.45, 7) is 5.15. The van der Waals surface area contributed by atoms with Crippen molar-refractivity contribution in [1.29, 1.82) is 0 Å². The minimum atomic E-state index is -0.0439. The van der Waals surface area contributed by atoms with E-state index >= 15 is 0 Å². The monoisotopic (exact) mass is 391 g/mol. The SMILES string of the molecule is CCC(CC)CN(C(=O)C1CCCCC1)c1ccccc1SC(=O)COC. The molecular formula is C22H33NO3S. The van der Waals surface area contributed by atoms with Gasteiger partial charge in [-0.1, -0.05) is 58.1 Å². The Morgan fingerprint density at radius 1 is 1.15 bits per heavy atom. The van der Waals surface area contributed by atoms with Gasteiger partial charge in [0.25, 0.3) is 0 Å². The first-order valence-corrected chi connectivity index (χ1v) is 11.0. The van der Waals surface area contributed by atoms with Gasteiger partial charge in [0.2, 0.25) is 11.0 Å². The predicted octanol–water partition coefficient (Wildman–Crippen LogP) is 5.30. The fourth-order valence-electron chi connectivity index (χ4n) is 3.72. The third-order valence-electron chi connectivity index (χ3n) is 5.46. The number of anilines is 1. The molecule has 1 amide bonds. The maximum Gasteiger partial charge on any atom is 0.230 e. The standard InChI is InChI=1S/C22H33NO3S/c1-4-17(5-2)15-23(22(25)18-11-7-6-8-12-18)19-13-9-10-14-20(19)27-21(24)16-26-3/h9-10,13-14,17-18H,4-8,11-12,15-16H2,1-3H3. The lowest BCUT2D eigenvalue weighted by Gasteiger charge is -2.33. The zero-order valence-corrected chi connectivity index (χ0v) is 17.7. The van der Waals surface area contributed by atoms with E-state index in [9.17, 15) is 9.59 Å². The molecule has 0 saturated heterocycles. The van der Waals surface area contributed by atoms with Gasteiger partial charge in [0, 0.05) is 24.5 Å². The topological polar surface area (TPSA) is 46.6 Å². The Hall–Kier alpha value is -1.33. The molecule has 0 atom stereocenters. The molecule has 0 N–H and O–H groups in total. The zero-order chi connectivity index (χ0) is 19.6. The lowest BCUT2D eigenvalue weighted by Crippen LogP contribution is -2.40. The molecule has 1 aromatic rings. The Balaban J connectivity index is 2.31. The predicted molar refractivity (Wildman–Crippen MR) is 112 cm³/mol. The van der Waals surface area contributed by atoms with Crippen LogP contribution in [0.25, 0.3) is 0 Å². The van der Waals surface area contributed by atoms with E-state index in [0.29, 0.717) is 5.92 Å². The highest BCUT2D eigenvalue weighted by Crippen LogP contribution is 2.34. The second kappa shape index (κ2) is 11.5. The average molecular weight is 392 g/mol. The largest absolute Gasteiger partial charge is 0.376 e. The van der Waals surface area contributed by atoms with Crippen molar-refractivity contribution in [3.8, 4) is 0 Å². The number of para-hydroxylation sites is 1. The summed E-state index contributed by atoms with van der Waals surface area (Å²) in [6.07, 6.45) is 7.56. The number of rotatable bonds is 9. The van der Waals surface area contributed by atoms with E-state index in [0.717, 1.165) is 55.7 Å². The van der Waals surface area contributed by atoms with Crippen LogP contribution in [0, 0.1) is 11.8 Å². The van der Waals surface area contributed by atoms with Crippen molar-refractivity contribution >= 4 is 28.5 Å². The molecule has 2 rings (SSSR count). The number of benzene rings is 1. The highest BCUT2D eigenvalue weighted by atomic mass is 32.2. The molecule has 0 radical (unpaired) electrons. The first-order valence-electron chi connectivity index (χ1n) is 10.2. The summed E-state index contributed by atoms with van der Waals surface area (Å²) < 4.78 is 4.97. The number of hydrogen-bond acceptors (Lipinski definition) is 4. The maximum atomic E-state index is 13.4. The number of thioether (sulfide) groups is 1. The molecule has 0 unspecified atom stereocenters. The highest BCUT2D eigenvalue weighted by Gasteiger charge is 2.29. The molecule has 1 saturated carbocycles. The van der Waals surface area contributed by atoms with Crippen molar-refractivity contribution in [3.63, 3.8) is 0 Å². The number of methoxy groups -OCH3 is 1. The number of amides is 1. The molecule has 1 aliphatic rings. The van der Waals surface area contributed by atoms with Crippen LogP contribution in [-0.4, -0.2) is 31.3 Å². The van der Waals surface area contributed by atoms with Crippen molar-refractivity contribution in [2.24, 2.45) is 11.8 Å². The minimum Gasteiger partial charge on any atom is -0.376 e. The highest BCUT2D eigenvalue weighted by molar-refractivity contribution is 8.13. The molecule has 1 aliphatic carbocycles. The van der Waals surface area contributed by atoms with E-state index in [1.807, 2.05) is 29.2 Å². The van der Waals surface area contributed by atoms with Gasteiger partial charge in [-0.25, -0.2) is 0 Å². The fourth-order valence-corrected chi connectivity index (χ4v) is 4.57. The van der Waals surface area contributed by atoms with Crippen molar-refractivity contribution in [2.45, 2.75) is 63.7 Å². The normalized spacial score (nSPS) is 15.1. The second-order valence-corrected chi connectivity index (χ2v) is 8.44. The van der Waals surface area contributed by atoms with Gasteiger partial charge in [-0.15, -0.1) is 0 Å². The van der Waals surface area contributed by atoms with Crippen molar-refractivity contribution < 1.29 is 14.3 Å². The van der Waals surface area contributed by atoms with E-state index in [1.54, 1.807) is 0 Å². The molecule has 4 nitrogen and oxygen atoms in total. The van der Waals surface area contributed by atoms with Gasteiger partial charge in [-0.3, -0.25) is 9.59 Å². The van der Waals surface area contributed by atoms with E-state index in [1.165, 1.54) is 25.3 Å². The summed E-state index contributed by atoms with van der Waals surface area (Å²) in [5, 5.41) is -0.0439. The molecule has 0 bridgehead atoms. The van der Waals surface area contributed by atoms with Crippen LogP contribution in [0.15, 0.2) is 29.2 Å². The van der Waals surface area contributed by atoms with Crippen molar-refractivity contribution in [3.05, 3.63) is 24.3 Å². The van der Waals surface area contributed by atoms with Crippen LogP contribution in [0.4, 0.5) is 5.69 Å². The summed E-state index contributed by atoms with van der Waals surface area (Å²) in [7, 11) is 1.52. The second-order valence-electron chi connectivity index (χ2n) is 7.34. The molecule has 0 spiro atoms. The molecule has 0 aromatic heterocycles. The molecule has 5 heteroatoms. The Kier molecular flexibility index (Phi) is 9.35. The van der Waals surface area contributed by atoms with E-state index in [2.05, 4.69) is 13.8 Å². The minimum absolute atomic E-state index is 0.0439. The molecular weight excluding hydrogens is 358 g/mol. The molecule has 1 aromatic carbocycles. The summed E-state index contributed by atoms with van der Waals surface area (Å²) in [5.41, 5.74) is 0.870. The van der Waals surface area contributed by atoms with Crippen LogP contribution in [0.5, 0.6) is 0 Å². The van der Waals surface area contributed by atoms with Gasteiger partial charge < -0.3 is 9.64 Å². The summed E-state index contributed by atoms with van der Waals surface area (Å²) in [5.74, 6) is 0.806. The van der Waals surface area contributed by atoms with Crippen LogP contribution < -0.4 is 4.90 Å². The Morgan fingerprint density at radius 3 is 2.44 bits per heavy atom. The number of carbonyl (C=O) groups is 2. The molecule has 27 heavy (non-hydrogen) atoms. The summed E-state index contributed by atoms with van der Waals surface area (Å²) in [4.78, 5) is 28.4. The number of ether oxygens (including phenoxy) is 1. The third kappa shape index (κ3) is 6.35. The van der Waals surface area contributed by atoms with Gasteiger partial charge in [-0.2, -0.15) is 0 Å². The van der Waals surface area contributed by atoms with Crippen molar-refractivity contribution in [1.82, 2.24) is 0 Å². The molecule has 0 heterocycles. The van der Waals surface area contributed by atoms with Crippen LogP contribution in [-0.2, 0) is 14.3 Å². The van der Waals surface area contributed by atoms with Gasteiger partial charge in [0.05, 0.1) is 5.69 Å². The van der Waals surface area contributed by atoms with Gasteiger partial charge >= 0.3 is 0 Å². The van der Waals surface area contributed by atoms with E-state index < -0.39 is 0 Å². The molecule has 150 valence electrons. The number of carbonyl (C=O) groups excluding carboxylic acids is 2. The molecule has 0 aliphatic heterocycles. The van der Waals surface area contributed by atoms with Gasteiger partial charge in [-0.05, 0) is 42.7 Å². The first-order chi connectivity index (χ1) is 13.1.